The van der Waals surface area contributed by atoms with Crippen LogP contribution in [0.25, 0.3) is 0 Å². The van der Waals surface area contributed by atoms with E-state index in [0.29, 0.717) is 12.5 Å². The van der Waals surface area contributed by atoms with Crippen molar-refractivity contribution in [3.63, 3.8) is 0 Å². The van der Waals surface area contributed by atoms with E-state index in [-0.39, 0.29) is 5.91 Å². The van der Waals surface area contributed by atoms with Crippen LogP contribution in [0, 0.1) is 0 Å². The Balaban J connectivity index is 2.24. The fraction of sp³-hybridized carbons (Fsp3) is 0.917. The second-order valence-corrected chi connectivity index (χ2v) is 4.46. The van der Waals surface area contributed by atoms with Gasteiger partial charge in [-0.1, -0.05) is 6.92 Å². The summed E-state index contributed by atoms with van der Waals surface area (Å²) < 4.78 is 0. The zero-order valence-corrected chi connectivity index (χ0v) is 10.6. The van der Waals surface area contributed by atoms with E-state index < -0.39 is 0 Å². The molecule has 0 bridgehead atoms. The fourth-order valence-electron chi connectivity index (χ4n) is 2.28. The third-order valence-corrected chi connectivity index (χ3v) is 3.19. The molecule has 4 heteroatoms. The van der Waals surface area contributed by atoms with E-state index in [1.807, 2.05) is 0 Å². The van der Waals surface area contributed by atoms with Crippen LogP contribution in [0.4, 0.5) is 0 Å². The zero-order valence-electron chi connectivity index (χ0n) is 10.6. The lowest BCUT2D eigenvalue weighted by Gasteiger charge is -2.27. The topological polar surface area (TPSA) is 44.4 Å². The predicted molar refractivity (Wildman–Crippen MR) is 66.4 cm³/mol. The van der Waals surface area contributed by atoms with Crippen molar-refractivity contribution in [2.45, 2.75) is 38.6 Å². The van der Waals surface area contributed by atoms with Gasteiger partial charge >= 0.3 is 0 Å². The summed E-state index contributed by atoms with van der Waals surface area (Å²) >= 11 is 0. The average Bonchev–Trinajstić information content (AvgIpc) is 2.81. The summed E-state index contributed by atoms with van der Waals surface area (Å²) in [6.07, 6.45) is 4.06. The minimum absolute atomic E-state index is 0.154. The molecule has 1 aliphatic heterocycles. The molecule has 1 atom stereocenters. The van der Waals surface area contributed by atoms with Gasteiger partial charge in [0.25, 0.3) is 0 Å². The van der Waals surface area contributed by atoms with Crippen LogP contribution in [0.2, 0.25) is 0 Å². The molecule has 0 aromatic carbocycles. The molecule has 1 saturated heterocycles. The highest BCUT2D eigenvalue weighted by Gasteiger charge is 2.21. The predicted octanol–water partition coefficient (Wildman–Crippen LogP) is 0.587. The largest absolute Gasteiger partial charge is 0.359 e. The highest BCUT2D eigenvalue weighted by molar-refractivity contribution is 5.75. The van der Waals surface area contributed by atoms with Crippen LogP contribution < -0.4 is 10.6 Å². The summed E-state index contributed by atoms with van der Waals surface area (Å²) in [7, 11) is 1.70. The van der Waals surface area contributed by atoms with Gasteiger partial charge in [0.15, 0.2) is 0 Å². The Bertz CT molecular complexity index is 202. The SMILES string of the molecule is CCCN(CCCC(=O)NC)C1CCNC1. The minimum Gasteiger partial charge on any atom is -0.359 e. The highest BCUT2D eigenvalue weighted by Crippen LogP contribution is 2.10. The van der Waals surface area contributed by atoms with E-state index in [2.05, 4.69) is 22.5 Å². The van der Waals surface area contributed by atoms with Gasteiger partial charge in [0.2, 0.25) is 5.91 Å². The van der Waals surface area contributed by atoms with E-state index >= 15 is 0 Å². The third-order valence-electron chi connectivity index (χ3n) is 3.19. The summed E-state index contributed by atoms with van der Waals surface area (Å²) in [6.45, 7) is 6.67. The quantitative estimate of drug-likeness (QED) is 0.669. The van der Waals surface area contributed by atoms with Gasteiger partial charge in [-0.15, -0.1) is 0 Å². The average molecular weight is 227 g/mol. The monoisotopic (exact) mass is 227 g/mol. The number of hydrogen-bond acceptors (Lipinski definition) is 3. The molecule has 1 amide bonds. The van der Waals surface area contributed by atoms with Crippen molar-refractivity contribution >= 4 is 5.91 Å². The van der Waals surface area contributed by atoms with E-state index in [9.17, 15) is 4.79 Å². The first-order valence-corrected chi connectivity index (χ1v) is 6.43. The first-order chi connectivity index (χ1) is 7.77. The Morgan fingerprint density at radius 1 is 1.50 bits per heavy atom. The van der Waals surface area contributed by atoms with Crippen LogP contribution in [0.15, 0.2) is 0 Å². The lowest BCUT2D eigenvalue weighted by molar-refractivity contribution is -0.120. The lowest BCUT2D eigenvalue weighted by atomic mass is 10.2. The molecule has 1 rings (SSSR count). The smallest absolute Gasteiger partial charge is 0.219 e. The van der Waals surface area contributed by atoms with E-state index in [4.69, 9.17) is 0 Å². The Hall–Kier alpha value is -0.610. The van der Waals surface area contributed by atoms with Crippen LogP contribution >= 0.6 is 0 Å². The number of nitrogens with one attached hydrogen (secondary N) is 2. The first kappa shape index (κ1) is 13.5. The van der Waals surface area contributed by atoms with Gasteiger partial charge in [0.05, 0.1) is 0 Å². The van der Waals surface area contributed by atoms with E-state index in [0.717, 1.165) is 32.6 Å². The van der Waals surface area contributed by atoms with Crippen molar-refractivity contribution < 1.29 is 4.79 Å². The maximum atomic E-state index is 11.1. The zero-order chi connectivity index (χ0) is 11.8. The van der Waals surface area contributed by atoms with Crippen molar-refractivity contribution in [2.24, 2.45) is 0 Å². The van der Waals surface area contributed by atoms with Crippen LogP contribution in [-0.4, -0.2) is 50.1 Å². The molecule has 16 heavy (non-hydrogen) atoms. The van der Waals surface area contributed by atoms with Crippen LogP contribution in [0.1, 0.15) is 32.6 Å². The van der Waals surface area contributed by atoms with Crippen LogP contribution in [-0.2, 0) is 4.79 Å². The summed E-state index contributed by atoms with van der Waals surface area (Å²) in [4.78, 5) is 13.7. The van der Waals surface area contributed by atoms with Gasteiger partial charge in [0.1, 0.15) is 0 Å². The number of hydrogen-bond donors (Lipinski definition) is 2. The molecule has 4 nitrogen and oxygen atoms in total. The second kappa shape index (κ2) is 7.63. The summed E-state index contributed by atoms with van der Waals surface area (Å²) in [5, 5.41) is 6.07. The first-order valence-electron chi connectivity index (χ1n) is 6.43. The Kier molecular flexibility index (Phi) is 6.42. The Morgan fingerprint density at radius 3 is 2.88 bits per heavy atom. The normalized spacial score (nSPS) is 20.3. The molecule has 0 aromatic rings. The number of nitrogens with zero attached hydrogens (tertiary/aromatic N) is 1. The molecule has 1 heterocycles. The maximum Gasteiger partial charge on any atom is 0.219 e. The van der Waals surface area contributed by atoms with Crippen molar-refractivity contribution in [2.75, 3.05) is 33.2 Å². The number of rotatable bonds is 7. The van der Waals surface area contributed by atoms with Crippen molar-refractivity contribution in [3.05, 3.63) is 0 Å². The van der Waals surface area contributed by atoms with E-state index in [1.54, 1.807) is 7.05 Å². The van der Waals surface area contributed by atoms with Crippen LogP contribution in [0.3, 0.4) is 0 Å². The fourth-order valence-corrected chi connectivity index (χ4v) is 2.28. The molecule has 94 valence electrons. The van der Waals surface area contributed by atoms with Gasteiger partial charge in [-0.2, -0.15) is 0 Å². The number of amides is 1. The van der Waals surface area contributed by atoms with Gasteiger partial charge in [-0.05, 0) is 38.9 Å². The molecule has 0 spiro atoms. The standard InChI is InChI=1S/C12H25N3O/c1-3-8-15(11-6-7-14-10-11)9-4-5-12(16)13-2/h11,14H,3-10H2,1-2H3,(H,13,16). The van der Waals surface area contributed by atoms with Gasteiger partial charge in [-0.25, -0.2) is 0 Å². The van der Waals surface area contributed by atoms with E-state index in [1.165, 1.54) is 12.8 Å². The summed E-state index contributed by atoms with van der Waals surface area (Å²) in [5.41, 5.74) is 0. The molecule has 1 aliphatic rings. The highest BCUT2D eigenvalue weighted by atomic mass is 16.1. The third kappa shape index (κ3) is 4.49. The maximum absolute atomic E-state index is 11.1. The van der Waals surface area contributed by atoms with Gasteiger partial charge in [0, 0.05) is 26.1 Å². The minimum atomic E-state index is 0.154. The second-order valence-electron chi connectivity index (χ2n) is 4.46. The van der Waals surface area contributed by atoms with Gasteiger partial charge < -0.3 is 10.6 Å². The Labute approximate surface area is 98.8 Å². The molecule has 0 saturated carbocycles. The molecular weight excluding hydrogens is 202 g/mol. The number of carbonyl (C=O) groups excluding carboxylic acids is 1. The molecule has 2 N–H and O–H groups in total. The molecular formula is C12H25N3O. The van der Waals surface area contributed by atoms with Crippen LogP contribution in [0.5, 0.6) is 0 Å². The van der Waals surface area contributed by atoms with Gasteiger partial charge in [-0.3, -0.25) is 9.69 Å². The number of carbonyl (C=O) groups is 1. The summed E-state index contributed by atoms with van der Waals surface area (Å²) in [6, 6.07) is 0.685. The molecule has 1 unspecified atom stereocenters. The molecule has 0 radical (unpaired) electrons. The summed E-state index contributed by atoms with van der Waals surface area (Å²) in [5.74, 6) is 0.154. The molecule has 0 aromatic heterocycles. The lowest BCUT2D eigenvalue weighted by Crippen LogP contribution is -2.38. The van der Waals surface area contributed by atoms with Crippen molar-refractivity contribution in [1.82, 2.24) is 15.5 Å². The van der Waals surface area contributed by atoms with Crippen molar-refractivity contribution in [1.29, 1.82) is 0 Å². The Morgan fingerprint density at radius 2 is 2.31 bits per heavy atom. The molecule has 1 fully saturated rings. The molecule has 0 aliphatic carbocycles. The van der Waals surface area contributed by atoms with Crippen molar-refractivity contribution in [3.8, 4) is 0 Å².